The van der Waals surface area contributed by atoms with Gasteiger partial charge in [0.25, 0.3) is 0 Å². The maximum Gasteiger partial charge on any atom is 0.231 e. The molecule has 1 amide bonds. The van der Waals surface area contributed by atoms with Crippen LogP contribution in [0.5, 0.6) is 5.75 Å². The van der Waals surface area contributed by atoms with Crippen molar-refractivity contribution in [1.29, 1.82) is 0 Å². The zero-order valence-electron chi connectivity index (χ0n) is 16.5. The third kappa shape index (κ3) is 4.01. The lowest BCUT2D eigenvalue weighted by molar-refractivity contribution is -0.131. The Hall–Kier alpha value is -2.33. The van der Waals surface area contributed by atoms with Crippen LogP contribution in [0.3, 0.4) is 0 Å². The van der Waals surface area contributed by atoms with Crippen LogP contribution < -0.4 is 10.1 Å². The second-order valence-electron chi connectivity index (χ2n) is 7.22. The van der Waals surface area contributed by atoms with E-state index in [4.69, 9.17) is 9.47 Å². The fourth-order valence-electron chi connectivity index (χ4n) is 3.96. The van der Waals surface area contributed by atoms with Crippen LogP contribution in [0.1, 0.15) is 48.9 Å². The molecule has 0 aromatic heterocycles. The van der Waals surface area contributed by atoms with Gasteiger partial charge in [0.15, 0.2) is 0 Å². The van der Waals surface area contributed by atoms with Gasteiger partial charge in [-0.1, -0.05) is 49.4 Å². The maximum atomic E-state index is 13.5. The van der Waals surface area contributed by atoms with Crippen LogP contribution in [0, 0.1) is 6.92 Å². The number of hydrogen-bond donors (Lipinski definition) is 1. The summed E-state index contributed by atoms with van der Waals surface area (Å²) in [6, 6.07) is 16.2. The Morgan fingerprint density at radius 2 is 1.89 bits per heavy atom. The molecule has 1 aliphatic heterocycles. The highest BCUT2D eigenvalue weighted by atomic mass is 16.5. The molecule has 1 unspecified atom stereocenters. The van der Waals surface area contributed by atoms with Gasteiger partial charge in [-0.05, 0) is 48.9 Å². The summed E-state index contributed by atoms with van der Waals surface area (Å²) in [6.07, 6.45) is 2.25. The molecule has 0 saturated carbocycles. The number of nitrogens with one attached hydrogen (secondary N) is 1. The van der Waals surface area contributed by atoms with Gasteiger partial charge in [-0.2, -0.15) is 0 Å². The Balaban J connectivity index is 1.87. The van der Waals surface area contributed by atoms with Gasteiger partial charge >= 0.3 is 0 Å². The topological polar surface area (TPSA) is 47.6 Å². The molecule has 0 radical (unpaired) electrons. The number of carbonyl (C=O) groups is 1. The summed E-state index contributed by atoms with van der Waals surface area (Å²) < 4.78 is 10.9. The molecule has 1 N–H and O–H groups in total. The number of methoxy groups -OCH3 is 1. The van der Waals surface area contributed by atoms with Crippen molar-refractivity contribution in [2.75, 3.05) is 20.3 Å². The summed E-state index contributed by atoms with van der Waals surface area (Å²) in [4.78, 5) is 13.5. The molecular weight excluding hydrogens is 338 g/mol. The molecule has 1 heterocycles. The minimum Gasteiger partial charge on any atom is -0.496 e. The van der Waals surface area contributed by atoms with Crippen LogP contribution in [0.15, 0.2) is 48.5 Å². The third-order valence-corrected chi connectivity index (χ3v) is 5.64. The standard InChI is InChI=1S/C23H29NO3/c1-4-20(18-10-11-21(26-3)17(2)16-18)24-22(25)23(12-14-27-15-13-23)19-8-6-5-7-9-19/h5-11,16,20H,4,12-15H2,1-3H3,(H,24,25). The van der Waals surface area contributed by atoms with Gasteiger partial charge < -0.3 is 14.8 Å². The number of hydrogen-bond acceptors (Lipinski definition) is 3. The molecule has 0 spiro atoms. The fourth-order valence-corrected chi connectivity index (χ4v) is 3.96. The van der Waals surface area contributed by atoms with Crippen molar-refractivity contribution < 1.29 is 14.3 Å². The summed E-state index contributed by atoms with van der Waals surface area (Å²) in [5.41, 5.74) is 2.74. The van der Waals surface area contributed by atoms with Crippen LogP contribution in [0.4, 0.5) is 0 Å². The second kappa shape index (κ2) is 8.57. The molecule has 27 heavy (non-hydrogen) atoms. The average Bonchev–Trinajstić information content (AvgIpc) is 2.73. The second-order valence-corrected chi connectivity index (χ2v) is 7.22. The molecule has 1 fully saturated rings. The van der Waals surface area contributed by atoms with Crippen LogP contribution in [-0.2, 0) is 14.9 Å². The SMILES string of the molecule is CCC(NC(=O)C1(c2ccccc2)CCOCC1)c1ccc(OC)c(C)c1. The minimum absolute atomic E-state index is 0.0226. The van der Waals surface area contributed by atoms with Gasteiger partial charge in [0, 0.05) is 13.2 Å². The molecule has 1 saturated heterocycles. The van der Waals surface area contributed by atoms with Crippen molar-refractivity contribution >= 4 is 5.91 Å². The Morgan fingerprint density at radius 1 is 1.19 bits per heavy atom. The Kier molecular flexibility index (Phi) is 6.17. The quantitative estimate of drug-likeness (QED) is 0.827. The highest BCUT2D eigenvalue weighted by Crippen LogP contribution is 2.36. The van der Waals surface area contributed by atoms with E-state index < -0.39 is 5.41 Å². The summed E-state index contributed by atoms with van der Waals surface area (Å²) in [5, 5.41) is 3.32. The molecule has 1 atom stereocenters. The summed E-state index contributed by atoms with van der Waals surface area (Å²) in [7, 11) is 1.68. The minimum atomic E-state index is -0.519. The lowest BCUT2D eigenvalue weighted by Gasteiger charge is -2.37. The Morgan fingerprint density at radius 3 is 2.48 bits per heavy atom. The van der Waals surface area contributed by atoms with Crippen LogP contribution >= 0.6 is 0 Å². The normalized spacial score (nSPS) is 17.1. The molecule has 0 aliphatic carbocycles. The summed E-state index contributed by atoms with van der Waals surface area (Å²) in [6.45, 7) is 5.35. The summed E-state index contributed by atoms with van der Waals surface area (Å²) in [5.74, 6) is 0.961. The molecule has 2 aromatic rings. The van der Waals surface area contributed by atoms with Gasteiger partial charge in [-0.25, -0.2) is 0 Å². The van der Waals surface area contributed by atoms with Crippen LogP contribution in [-0.4, -0.2) is 26.2 Å². The lowest BCUT2D eigenvalue weighted by Crippen LogP contribution is -2.49. The van der Waals surface area contributed by atoms with Gasteiger partial charge in [-0.3, -0.25) is 4.79 Å². The van der Waals surface area contributed by atoms with E-state index >= 15 is 0 Å². The van der Waals surface area contributed by atoms with Crippen molar-refractivity contribution in [1.82, 2.24) is 5.32 Å². The first-order valence-electron chi connectivity index (χ1n) is 9.69. The van der Waals surface area contributed by atoms with E-state index in [1.807, 2.05) is 37.3 Å². The highest BCUT2D eigenvalue weighted by molar-refractivity contribution is 5.88. The van der Waals surface area contributed by atoms with Crippen molar-refractivity contribution in [3.8, 4) is 5.75 Å². The smallest absolute Gasteiger partial charge is 0.231 e. The largest absolute Gasteiger partial charge is 0.496 e. The van der Waals surface area contributed by atoms with E-state index in [-0.39, 0.29) is 11.9 Å². The Bertz CT molecular complexity index is 766. The highest BCUT2D eigenvalue weighted by Gasteiger charge is 2.42. The first-order valence-corrected chi connectivity index (χ1v) is 9.69. The first kappa shape index (κ1) is 19.4. The van der Waals surface area contributed by atoms with Gasteiger partial charge in [0.1, 0.15) is 5.75 Å². The first-order chi connectivity index (χ1) is 13.1. The number of aryl methyl sites for hydroxylation is 1. The molecule has 1 aliphatic rings. The van der Waals surface area contributed by atoms with Crippen molar-refractivity contribution in [2.24, 2.45) is 0 Å². The van der Waals surface area contributed by atoms with Gasteiger partial charge in [-0.15, -0.1) is 0 Å². The number of rotatable bonds is 6. The van der Waals surface area contributed by atoms with Crippen molar-refractivity contribution in [3.05, 3.63) is 65.2 Å². The van der Waals surface area contributed by atoms with Crippen LogP contribution in [0.2, 0.25) is 0 Å². The van der Waals surface area contributed by atoms with E-state index in [1.165, 1.54) is 0 Å². The Labute approximate surface area is 161 Å². The van der Waals surface area contributed by atoms with E-state index in [0.717, 1.165) is 28.9 Å². The summed E-state index contributed by atoms with van der Waals surface area (Å²) >= 11 is 0. The number of benzene rings is 2. The molecule has 144 valence electrons. The van der Waals surface area contributed by atoms with Crippen LogP contribution in [0.25, 0.3) is 0 Å². The van der Waals surface area contributed by atoms with E-state index in [0.29, 0.717) is 26.1 Å². The molecule has 2 aromatic carbocycles. The molecule has 0 bridgehead atoms. The number of ether oxygens (including phenoxy) is 2. The average molecular weight is 367 g/mol. The number of carbonyl (C=O) groups excluding carboxylic acids is 1. The molecular formula is C23H29NO3. The molecule has 4 heteroatoms. The van der Waals surface area contributed by atoms with Crippen molar-refractivity contribution in [3.63, 3.8) is 0 Å². The maximum absolute atomic E-state index is 13.5. The molecule has 3 rings (SSSR count). The monoisotopic (exact) mass is 367 g/mol. The van der Waals surface area contributed by atoms with Gasteiger partial charge in [0.2, 0.25) is 5.91 Å². The fraction of sp³-hybridized carbons (Fsp3) is 0.435. The van der Waals surface area contributed by atoms with Crippen molar-refractivity contribution in [2.45, 2.75) is 44.6 Å². The van der Waals surface area contributed by atoms with E-state index in [2.05, 4.69) is 30.4 Å². The molecule has 4 nitrogen and oxygen atoms in total. The van der Waals surface area contributed by atoms with E-state index in [9.17, 15) is 4.79 Å². The zero-order chi connectivity index (χ0) is 19.3. The lowest BCUT2D eigenvalue weighted by atomic mass is 9.73. The number of amides is 1. The predicted octanol–water partition coefficient (Wildman–Crippen LogP) is 4.32. The zero-order valence-corrected chi connectivity index (χ0v) is 16.5. The third-order valence-electron chi connectivity index (χ3n) is 5.64. The van der Waals surface area contributed by atoms with Gasteiger partial charge in [0.05, 0.1) is 18.6 Å². The van der Waals surface area contributed by atoms with E-state index in [1.54, 1.807) is 7.11 Å². The predicted molar refractivity (Wildman–Crippen MR) is 107 cm³/mol.